The molecule has 0 unspecified atom stereocenters. The van der Waals surface area contributed by atoms with E-state index in [-0.39, 0.29) is 32.9 Å². The molecule has 1 aliphatic rings. The normalized spacial score (nSPS) is 15.3. The van der Waals surface area contributed by atoms with Crippen LogP contribution in [0, 0.1) is 5.82 Å². The molecule has 0 radical (unpaired) electrons. The number of hydrogen-bond acceptors (Lipinski definition) is 7. The van der Waals surface area contributed by atoms with Gasteiger partial charge in [0.15, 0.2) is 5.13 Å². The first-order valence-corrected chi connectivity index (χ1v) is 9.90. The molecule has 0 aliphatic carbocycles. The molecule has 1 aromatic heterocycles. The van der Waals surface area contributed by atoms with Crippen molar-refractivity contribution in [2.45, 2.75) is 6.42 Å². The number of rotatable bonds is 6. The molecule has 1 saturated heterocycles. The van der Waals surface area contributed by atoms with Crippen molar-refractivity contribution < 1.29 is 23.9 Å². The Morgan fingerprint density at radius 3 is 2.82 bits per heavy atom. The number of aliphatic carboxylic acids is 1. The van der Waals surface area contributed by atoms with Crippen LogP contribution in [0.2, 0.25) is 0 Å². The number of thioether (sulfide) groups is 1. The van der Waals surface area contributed by atoms with Crippen LogP contribution < -0.4 is 5.32 Å². The number of carboxylic acids is 1. The number of anilines is 1. The summed E-state index contributed by atoms with van der Waals surface area (Å²) in [5.41, 5.74) is 0.576. The van der Waals surface area contributed by atoms with E-state index in [4.69, 9.17) is 17.3 Å². The average molecular weight is 437 g/mol. The lowest BCUT2D eigenvalue weighted by Crippen LogP contribution is -2.36. The van der Waals surface area contributed by atoms with E-state index in [0.717, 1.165) is 28.0 Å². The van der Waals surface area contributed by atoms with Crippen molar-refractivity contribution in [1.82, 2.24) is 9.88 Å². The van der Waals surface area contributed by atoms with Crippen LogP contribution in [0.25, 0.3) is 6.08 Å². The summed E-state index contributed by atoms with van der Waals surface area (Å²) in [7, 11) is 0. The highest BCUT2D eigenvalue weighted by Gasteiger charge is 2.33. The lowest BCUT2D eigenvalue weighted by molar-refractivity contribution is -0.136. The topological polar surface area (TPSA) is 99.6 Å². The molecule has 1 aliphatic heterocycles. The van der Waals surface area contributed by atoms with E-state index < -0.39 is 23.6 Å². The monoisotopic (exact) mass is 437 g/mol. The van der Waals surface area contributed by atoms with Crippen molar-refractivity contribution in [2.75, 3.05) is 11.9 Å². The third-order valence-corrected chi connectivity index (χ3v) is 5.68. The zero-order chi connectivity index (χ0) is 20.3. The van der Waals surface area contributed by atoms with Crippen LogP contribution in [0.5, 0.6) is 0 Å². The molecule has 2 aromatic rings. The van der Waals surface area contributed by atoms with Crippen LogP contribution in [0.3, 0.4) is 0 Å². The number of thiazole rings is 1. The lowest BCUT2D eigenvalue weighted by Gasteiger charge is -2.13. The molecule has 144 valence electrons. The highest BCUT2D eigenvalue weighted by Crippen LogP contribution is 2.32. The maximum atomic E-state index is 13.8. The zero-order valence-corrected chi connectivity index (χ0v) is 16.5. The van der Waals surface area contributed by atoms with Crippen molar-refractivity contribution in [1.29, 1.82) is 0 Å². The summed E-state index contributed by atoms with van der Waals surface area (Å²) in [6, 6.07) is 6.01. The summed E-state index contributed by atoms with van der Waals surface area (Å²) in [4.78, 5) is 40.7. The standard InChI is InChI=1S/C17H12FN3O4S3/c18-11-4-2-1-3-9(11)5-12-15(25)21(17(26)28-12)7-13(22)20-16-19-10(8-27-16)6-14(23)24/h1-5,8H,6-7H2,(H,23,24)(H,19,20,22)/b12-5-. The van der Waals surface area contributed by atoms with Gasteiger partial charge in [-0.15, -0.1) is 11.3 Å². The Hall–Kier alpha value is -2.63. The van der Waals surface area contributed by atoms with Gasteiger partial charge in [-0.05, 0) is 12.1 Å². The first kappa shape index (κ1) is 20.1. The maximum Gasteiger partial charge on any atom is 0.309 e. The first-order chi connectivity index (χ1) is 13.3. The number of carbonyl (C=O) groups excluding carboxylic acids is 2. The molecule has 3 rings (SSSR count). The fourth-order valence-electron chi connectivity index (χ4n) is 2.27. The molecular formula is C17H12FN3O4S3. The van der Waals surface area contributed by atoms with Crippen molar-refractivity contribution in [3.05, 3.63) is 51.6 Å². The number of thiocarbonyl (C=S) groups is 1. The Labute approximate surface area is 172 Å². The number of amides is 2. The third-order valence-electron chi connectivity index (χ3n) is 3.50. The maximum absolute atomic E-state index is 13.8. The van der Waals surface area contributed by atoms with E-state index in [1.165, 1.54) is 23.6 Å². The molecule has 2 amide bonds. The minimum Gasteiger partial charge on any atom is -0.481 e. The van der Waals surface area contributed by atoms with Crippen LogP contribution in [0.1, 0.15) is 11.3 Å². The van der Waals surface area contributed by atoms with Gasteiger partial charge in [-0.25, -0.2) is 9.37 Å². The van der Waals surface area contributed by atoms with E-state index in [2.05, 4.69) is 10.3 Å². The molecule has 2 N–H and O–H groups in total. The molecule has 0 saturated carbocycles. The molecule has 0 spiro atoms. The van der Waals surface area contributed by atoms with Crippen LogP contribution in [0.15, 0.2) is 34.6 Å². The number of benzene rings is 1. The van der Waals surface area contributed by atoms with E-state index in [9.17, 15) is 18.8 Å². The average Bonchev–Trinajstić information content (AvgIpc) is 3.15. The van der Waals surface area contributed by atoms with Crippen molar-refractivity contribution in [3.8, 4) is 0 Å². The number of carboxylic acid groups (broad SMARTS) is 1. The molecule has 1 aromatic carbocycles. The summed E-state index contributed by atoms with van der Waals surface area (Å²) in [6.45, 7) is -0.326. The highest BCUT2D eigenvalue weighted by molar-refractivity contribution is 8.26. The van der Waals surface area contributed by atoms with Gasteiger partial charge in [0.05, 0.1) is 17.0 Å². The Morgan fingerprint density at radius 1 is 1.36 bits per heavy atom. The van der Waals surface area contributed by atoms with Gasteiger partial charge >= 0.3 is 5.97 Å². The van der Waals surface area contributed by atoms with Gasteiger partial charge in [0.2, 0.25) is 5.91 Å². The molecule has 11 heteroatoms. The van der Waals surface area contributed by atoms with E-state index >= 15 is 0 Å². The highest BCUT2D eigenvalue weighted by atomic mass is 32.2. The van der Waals surface area contributed by atoms with E-state index in [0.29, 0.717) is 5.69 Å². The molecule has 7 nitrogen and oxygen atoms in total. The van der Waals surface area contributed by atoms with Gasteiger partial charge in [-0.1, -0.05) is 42.2 Å². The molecule has 1 fully saturated rings. The second-order valence-electron chi connectivity index (χ2n) is 5.55. The predicted molar refractivity (Wildman–Crippen MR) is 108 cm³/mol. The van der Waals surface area contributed by atoms with Crippen LogP contribution in [-0.4, -0.2) is 43.6 Å². The number of carbonyl (C=O) groups is 3. The SMILES string of the molecule is O=C(O)Cc1csc(NC(=O)CN2C(=O)/C(=C/c3ccccc3F)SC2=S)n1. The first-order valence-electron chi connectivity index (χ1n) is 7.79. The Bertz CT molecular complexity index is 1010. The van der Waals surface area contributed by atoms with Gasteiger partial charge in [0.25, 0.3) is 5.91 Å². The number of nitrogens with zero attached hydrogens (tertiary/aromatic N) is 2. The quantitative estimate of drug-likeness (QED) is 0.529. The Morgan fingerprint density at radius 2 is 2.11 bits per heavy atom. The minimum atomic E-state index is -1.03. The molecular weight excluding hydrogens is 425 g/mol. The predicted octanol–water partition coefficient (Wildman–Crippen LogP) is 2.75. The number of halogens is 1. The van der Waals surface area contributed by atoms with E-state index in [1.54, 1.807) is 12.1 Å². The summed E-state index contributed by atoms with van der Waals surface area (Å²) >= 11 is 7.22. The molecule has 2 heterocycles. The second-order valence-corrected chi connectivity index (χ2v) is 8.09. The lowest BCUT2D eigenvalue weighted by atomic mass is 10.2. The fourth-order valence-corrected chi connectivity index (χ4v) is 4.25. The van der Waals surface area contributed by atoms with Crippen molar-refractivity contribution >= 4 is 68.6 Å². The van der Waals surface area contributed by atoms with Crippen molar-refractivity contribution in [3.63, 3.8) is 0 Å². The van der Waals surface area contributed by atoms with Crippen molar-refractivity contribution in [2.24, 2.45) is 0 Å². The van der Waals surface area contributed by atoms with Gasteiger partial charge in [0.1, 0.15) is 16.7 Å². The van der Waals surface area contributed by atoms with Gasteiger partial charge in [-0.3, -0.25) is 19.3 Å². The Kier molecular flexibility index (Phi) is 6.17. The third kappa shape index (κ3) is 4.80. The van der Waals surface area contributed by atoms with Crippen LogP contribution in [-0.2, 0) is 20.8 Å². The number of aromatic nitrogens is 1. The van der Waals surface area contributed by atoms with Gasteiger partial charge in [0, 0.05) is 10.9 Å². The van der Waals surface area contributed by atoms with E-state index in [1.807, 2.05) is 0 Å². The smallest absolute Gasteiger partial charge is 0.309 e. The summed E-state index contributed by atoms with van der Waals surface area (Å²) in [5, 5.41) is 13.0. The minimum absolute atomic E-state index is 0.188. The molecule has 28 heavy (non-hydrogen) atoms. The summed E-state index contributed by atoms with van der Waals surface area (Å²) in [5.74, 6) is -2.51. The Balaban J connectivity index is 1.65. The summed E-state index contributed by atoms with van der Waals surface area (Å²) in [6.07, 6.45) is 1.15. The van der Waals surface area contributed by atoms with Crippen LogP contribution >= 0.6 is 35.3 Å². The number of nitrogens with one attached hydrogen (secondary N) is 1. The number of hydrogen-bond donors (Lipinski definition) is 2. The zero-order valence-electron chi connectivity index (χ0n) is 14.0. The summed E-state index contributed by atoms with van der Waals surface area (Å²) < 4.78 is 14.0. The molecule has 0 atom stereocenters. The van der Waals surface area contributed by atoms with Gasteiger partial charge in [-0.2, -0.15) is 0 Å². The fraction of sp³-hybridized carbons (Fsp3) is 0.118. The van der Waals surface area contributed by atoms with Crippen LogP contribution in [0.4, 0.5) is 9.52 Å². The van der Waals surface area contributed by atoms with Gasteiger partial charge < -0.3 is 10.4 Å². The molecule has 0 bridgehead atoms. The second kappa shape index (κ2) is 8.59. The largest absolute Gasteiger partial charge is 0.481 e.